The number of ketones is 1. The highest BCUT2D eigenvalue weighted by Crippen LogP contribution is 1.82. The van der Waals surface area contributed by atoms with Crippen LogP contribution in [0.5, 0.6) is 0 Å². The molecule has 2 N–H and O–H groups in total. The van der Waals surface area contributed by atoms with E-state index in [9.17, 15) is 4.79 Å². The molecule has 0 aromatic rings. The van der Waals surface area contributed by atoms with Crippen molar-refractivity contribution in [3.05, 3.63) is 0 Å². The number of rotatable bonds is 4. The van der Waals surface area contributed by atoms with E-state index in [1.54, 1.807) is 0 Å². The van der Waals surface area contributed by atoms with E-state index in [-0.39, 0.29) is 12.3 Å². The molecule has 0 rings (SSSR count). The Kier molecular flexibility index (Phi) is 3.19. The Balaban J connectivity index is 3.68. The van der Waals surface area contributed by atoms with Gasteiger partial charge in [0.1, 0.15) is 12.9 Å². The van der Waals surface area contributed by atoms with E-state index in [0.29, 0.717) is 0 Å². The molecule has 0 saturated carbocycles. The first-order chi connectivity index (χ1) is 4.20. The summed E-state index contributed by atoms with van der Waals surface area (Å²) in [7, 11) is 0. The minimum absolute atomic E-state index is 0.00694. The van der Waals surface area contributed by atoms with E-state index in [1.807, 2.05) is 0 Å². The quantitative estimate of drug-likeness (QED) is 0.249. The summed E-state index contributed by atoms with van der Waals surface area (Å²) in [5.41, 5.74) is 6.40. The van der Waals surface area contributed by atoms with Crippen LogP contribution in [0.1, 0.15) is 6.92 Å². The maximum Gasteiger partial charge on any atom is 0.151 e. The van der Waals surface area contributed by atoms with Gasteiger partial charge in [-0.05, 0) is 6.92 Å². The Bertz CT molecular complexity index is 125. The third-order valence-electron chi connectivity index (χ3n) is 0.662. The number of Topliss-reactive ketones (excluding diaryl/α,β-unsaturated/α-hetero) is 1. The van der Waals surface area contributed by atoms with Gasteiger partial charge in [0, 0.05) is 0 Å². The summed E-state index contributed by atoms with van der Waals surface area (Å²) in [6, 6.07) is 0. The van der Waals surface area contributed by atoms with Crippen LogP contribution < -0.4 is 0 Å². The molecule has 0 fully saturated rings. The van der Waals surface area contributed by atoms with Gasteiger partial charge in [0.2, 0.25) is 0 Å². The molecule has 0 atom stereocenters. The zero-order valence-electron chi connectivity index (χ0n) is 5.09. The normalized spacial score (nSPS) is 8.11. The summed E-state index contributed by atoms with van der Waals surface area (Å²) in [6.07, 6.45) is 0.828. The van der Waals surface area contributed by atoms with Crippen LogP contribution in [0.2, 0.25) is 0 Å². The molecule has 50 valence electrons. The SMILES string of the molecule is CC(=O)CN(C=N)N=N. The molecule has 0 radical (unpaired) electrons. The third-order valence-corrected chi connectivity index (χ3v) is 0.662. The number of nitrogens with one attached hydrogen (secondary N) is 2. The topological polar surface area (TPSA) is 80.4 Å². The summed E-state index contributed by atoms with van der Waals surface area (Å²) >= 11 is 0. The van der Waals surface area contributed by atoms with Crippen LogP contribution in [-0.4, -0.2) is 23.7 Å². The third kappa shape index (κ3) is 3.33. The Hall–Kier alpha value is -1.26. The lowest BCUT2D eigenvalue weighted by molar-refractivity contribution is -0.117. The predicted molar refractivity (Wildman–Crippen MR) is 31.3 cm³/mol. The van der Waals surface area contributed by atoms with Crippen molar-refractivity contribution in [2.24, 2.45) is 5.22 Å². The maximum atomic E-state index is 10.3. The number of carbonyl (C=O) groups is 1. The monoisotopic (exact) mass is 128 g/mol. The van der Waals surface area contributed by atoms with Crippen molar-refractivity contribution in [1.82, 2.24) is 5.01 Å². The highest BCUT2D eigenvalue weighted by atomic mass is 16.1. The smallest absolute Gasteiger partial charge is 0.151 e. The van der Waals surface area contributed by atoms with Gasteiger partial charge >= 0.3 is 0 Å². The molecule has 0 amide bonds. The van der Waals surface area contributed by atoms with E-state index in [4.69, 9.17) is 10.9 Å². The Morgan fingerprint density at radius 3 is 2.56 bits per heavy atom. The van der Waals surface area contributed by atoms with Gasteiger partial charge in [-0.1, -0.05) is 5.22 Å². The van der Waals surface area contributed by atoms with Crippen LogP contribution in [0.3, 0.4) is 0 Å². The van der Waals surface area contributed by atoms with Crippen molar-refractivity contribution in [2.45, 2.75) is 6.92 Å². The molecule has 0 spiro atoms. The standard InChI is InChI=1S/C4H8N4O/c1-4(9)2-8(3-5)7-6/h3,5-6H,2H2,1H3. The second kappa shape index (κ2) is 3.71. The van der Waals surface area contributed by atoms with Gasteiger partial charge in [-0.25, -0.2) is 5.01 Å². The average molecular weight is 128 g/mol. The zero-order chi connectivity index (χ0) is 7.28. The van der Waals surface area contributed by atoms with Crippen molar-refractivity contribution in [3.8, 4) is 0 Å². The summed E-state index contributed by atoms with van der Waals surface area (Å²) in [6.45, 7) is 1.38. The highest BCUT2D eigenvalue weighted by Gasteiger charge is 1.98. The second-order valence-electron chi connectivity index (χ2n) is 1.53. The first kappa shape index (κ1) is 7.74. The Morgan fingerprint density at radius 2 is 2.44 bits per heavy atom. The van der Waals surface area contributed by atoms with Crippen molar-refractivity contribution >= 4 is 12.1 Å². The summed E-state index contributed by atoms with van der Waals surface area (Å²) < 4.78 is 0. The lowest BCUT2D eigenvalue weighted by Crippen LogP contribution is -2.20. The van der Waals surface area contributed by atoms with Gasteiger partial charge in [-0.2, -0.15) is 5.53 Å². The molecule has 0 aromatic heterocycles. The molecule has 5 heteroatoms. The number of hydrogen-bond donors (Lipinski definition) is 2. The first-order valence-corrected chi connectivity index (χ1v) is 2.34. The van der Waals surface area contributed by atoms with Crippen LogP contribution in [0.4, 0.5) is 0 Å². The largest absolute Gasteiger partial charge is 0.298 e. The number of hydrogen-bond acceptors (Lipinski definition) is 4. The first-order valence-electron chi connectivity index (χ1n) is 2.34. The van der Waals surface area contributed by atoms with Gasteiger partial charge < -0.3 is 0 Å². The van der Waals surface area contributed by atoms with Gasteiger partial charge in [0.05, 0.1) is 0 Å². The molecule has 0 unspecified atom stereocenters. The molecular formula is C4H8N4O. The van der Waals surface area contributed by atoms with Crippen molar-refractivity contribution in [3.63, 3.8) is 0 Å². The van der Waals surface area contributed by atoms with E-state index in [1.165, 1.54) is 6.92 Å². The molecule has 0 aliphatic carbocycles. The van der Waals surface area contributed by atoms with Gasteiger partial charge in [0.15, 0.2) is 5.78 Å². The fraction of sp³-hybridized carbons (Fsp3) is 0.500. The fourth-order valence-corrected chi connectivity index (χ4v) is 0.338. The van der Waals surface area contributed by atoms with Crippen LogP contribution in [0.25, 0.3) is 0 Å². The minimum atomic E-state index is -0.116. The average Bonchev–Trinajstić information content (AvgIpc) is 1.82. The fourth-order valence-electron chi connectivity index (χ4n) is 0.338. The highest BCUT2D eigenvalue weighted by molar-refractivity contribution is 5.79. The number of carbonyl (C=O) groups excluding carboxylic acids is 1. The van der Waals surface area contributed by atoms with E-state index in [2.05, 4.69) is 5.22 Å². The van der Waals surface area contributed by atoms with Crippen molar-refractivity contribution in [1.29, 1.82) is 10.9 Å². The van der Waals surface area contributed by atoms with E-state index in [0.717, 1.165) is 11.3 Å². The van der Waals surface area contributed by atoms with Gasteiger partial charge in [-0.3, -0.25) is 10.2 Å². The molecule has 0 aliphatic heterocycles. The lowest BCUT2D eigenvalue weighted by atomic mass is 10.4. The number of nitrogens with zero attached hydrogens (tertiary/aromatic N) is 2. The summed E-state index contributed by atoms with van der Waals surface area (Å²) in [5.74, 6) is -0.116. The Morgan fingerprint density at radius 1 is 1.89 bits per heavy atom. The molecule has 9 heavy (non-hydrogen) atoms. The summed E-state index contributed by atoms with van der Waals surface area (Å²) in [5, 5.41) is 10.4. The molecule has 0 aliphatic rings. The summed E-state index contributed by atoms with van der Waals surface area (Å²) in [4.78, 5) is 10.3. The second-order valence-corrected chi connectivity index (χ2v) is 1.53. The molecular weight excluding hydrogens is 120 g/mol. The molecule has 5 nitrogen and oxygen atoms in total. The maximum absolute atomic E-state index is 10.3. The van der Waals surface area contributed by atoms with Gasteiger partial charge in [0.25, 0.3) is 0 Å². The predicted octanol–water partition coefficient (Wildman–Crippen LogP) is 0.430. The van der Waals surface area contributed by atoms with Crippen molar-refractivity contribution < 1.29 is 4.79 Å². The molecule has 0 saturated heterocycles. The van der Waals surface area contributed by atoms with Crippen LogP contribution in [0, 0.1) is 10.9 Å². The Labute approximate surface area is 52.6 Å². The van der Waals surface area contributed by atoms with Crippen LogP contribution in [0.15, 0.2) is 5.22 Å². The molecule has 0 bridgehead atoms. The molecule has 0 aromatic carbocycles. The van der Waals surface area contributed by atoms with E-state index >= 15 is 0 Å². The lowest BCUT2D eigenvalue weighted by Gasteiger charge is -2.04. The van der Waals surface area contributed by atoms with Crippen molar-refractivity contribution in [2.75, 3.05) is 6.54 Å². The van der Waals surface area contributed by atoms with Crippen LogP contribution in [-0.2, 0) is 4.79 Å². The zero-order valence-corrected chi connectivity index (χ0v) is 5.09. The van der Waals surface area contributed by atoms with E-state index < -0.39 is 0 Å². The van der Waals surface area contributed by atoms with Gasteiger partial charge in [-0.15, -0.1) is 0 Å². The van der Waals surface area contributed by atoms with Crippen LogP contribution >= 0.6 is 0 Å². The molecule has 0 heterocycles. The minimum Gasteiger partial charge on any atom is -0.298 e.